The van der Waals surface area contributed by atoms with Crippen molar-refractivity contribution in [1.29, 1.82) is 0 Å². The fourth-order valence-corrected chi connectivity index (χ4v) is 6.12. The van der Waals surface area contributed by atoms with Gasteiger partial charge in [-0.15, -0.1) is 0 Å². The number of nitrogens with one attached hydrogen (secondary N) is 3. The van der Waals surface area contributed by atoms with E-state index in [4.69, 9.17) is 0 Å². The molecule has 3 aromatic heterocycles. The minimum atomic E-state index is -0.740. The first kappa shape index (κ1) is 32.6. The molecule has 3 N–H and O–H groups in total. The summed E-state index contributed by atoms with van der Waals surface area (Å²) in [6.07, 6.45) is 11.9. The van der Waals surface area contributed by atoms with Crippen molar-refractivity contribution in [2.45, 2.75) is 83.3 Å². The average Bonchev–Trinajstić information content (AvgIpc) is 3.71. The fourth-order valence-electron chi connectivity index (χ4n) is 6.12. The van der Waals surface area contributed by atoms with Crippen LogP contribution < -0.4 is 16.0 Å². The van der Waals surface area contributed by atoms with E-state index in [-0.39, 0.29) is 42.4 Å². The minimum absolute atomic E-state index is 0.0381. The monoisotopic (exact) mass is 625 g/mol. The first-order chi connectivity index (χ1) is 22.3. The lowest BCUT2D eigenvalue weighted by Gasteiger charge is -2.30. The Morgan fingerprint density at radius 3 is 2.41 bits per heavy atom. The van der Waals surface area contributed by atoms with Gasteiger partial charge in [0.15, 0.2) is 5.78 Å². The van der Waals surface area contributed by atoms with E-state index < -0.39 is 12.1 Å². The molecule has 1 fully saturated rings. The summed E-state index contributed by atoms with van der Waals surface area (Å²) in [6.45, 7) is 2.00. The molecule has 0 radical (unpaired) electrons. The van der Waals surface area contributed by atoms with Gasteiger partial charge >= 0.3 is 0 Å². The maximum Gasteiger partial charge on any atom is 0.270 e. The molecule has 5 rings (SSSR count). The first-order valence-electron chi connectivity index (χ1n) is 16.2. The molecule has 0 saturated heterocycles. The molecule has 3 amide bonds. The predicted octanol–water partition coefficient (Wildman–Crippen LogP) is 3.70. The smallest absolute Gasteiger partial charge is 0.270 e. The van der Waals surface area contributed by atoms with Gasteiger partial charge in [-0.05, 0) is 54.5 Å². The molecule has 0 unspecified atom stereocenters. The molecule has 2 atom stereocenters. The van der Waals surface area contributed by atoms with Crippen molar-refractivity contribution < 1.29 is 19.2 Å². The molecule has 0 aliphatic heterocycles. The summed E-state index contributed by atoms with van der Waals surface area (Å²) in [7, 11) is 1.71. The number of aryl methyl sites for hydroxylation is 2. The van der Waals surface area contributed by atoms with Crippen LogP contribution in [-0.4, -0.2) is 54.8 Å². The van der Waals surface area contributed by atoms with Gasteiger partial charge in [-0.2, -0.15) is 5.10 Å². The Morgan fingerprint density at radius 1 is 0.957 bits per heavy atom. The van der Waals surface area contributed by atoms with E-state index in [1.54, 1.807) is 26.2 Å². The van der Waals surface area contributed by atoms with Gasteiger partial charge in [0, 0.05) is 44.9 Å². The van der Waals surface area contributed by atoms with Crippen LogP contribution in [0.5, 0.6) is 0 Å². The van der Waals surface area contributed by atoms with E-state index in [9.17, 15) is 19.2 Å². The van der Waals surface area contributed by atoms with Crippen molar-refractivity contribution in [3.8, 4) is 0 Å². The zero-order valence-corrected chi connectivity index (χ0v) is 26.6. The Bertz CT molecular complexity index is 1620. The third-order valence-corrected chi connectivity index (χ3v) is 8.76. The molecule has 1 aromatic carbocycles. The van der Waals surface area contributed by atoms with Gasteiger partial charge in [0.25, 0.3) is 5.91 Å². The number of rotatable bonds is 14. The minimum Gasteiger partial charge on any atom is -0.349 e. The van der Waals surface area contributed by atoms with Gasteiger partial charge < -0.3 is 20.4 Å². The second-order valence-electron chi connectivity index (χ2n) is 12.1. The average molecular weight is 626 g/mol. The largest absolute Gasteiger partial charge is 0.349 e. The summed E-state index contributed by atoms with van der Waals surface area (Å²) in [5.74, 6) is -0.590. The van der Waals surface area contributed by atoms with Gasteiger partial charge in [0.2, 0.25) is 11.8 Å². The molecular formula is C35H43N7O4. The maximum atomic E-state index is 13.5. The summed E-state index contributed by atoms with van der Waals surface area (Å²) in [5.41, 5.74) is 3.83. The fraction of sp³-hybridized carbons (Fsp3) is 0.429. The van der Waals surface area contributed by atoms with Crippen LogP contribution in [0.4, 0.5) is 0 Å². The van der Waals surface area contributed by atoms with E-state index in [1.807, 2.05) is 59.3 Å². The van der Waals surface area contributed by atoms with Crippen molar-refractivity contribution in [1.82, 2.24) is 35.1 Å². The number of carbonyl (C=O) groups is 4. The number of amides is 3. The highest BCUT2D eigenvalue weighted by molar-refractivity contribution is 5.97. The standard InChI is InChI=1S/C35H43N7O4/c1-3-32(44)39-28(34(45)36-22-27-23-42-20-8-7-11-31(42)38-27)21-25-14-12-24(13-15-25)16-17-30(43)33(26-9-5-4-6-10-26)40-35(46)29-18-19-37-41(29)2/h7-8,11-15,18-20,23,26,28,33H,3-6,9-10,16-17,21-22H2,1-2H3,(H,36,45)(H,39,44)(H,40,46)/t28-,33+/m1/s1. The molecule has 11 heteroatoms. The molecular weight excluding hydrogens is 582 g/mol. The number of nitrogens with zero attached hydrogens (tertiary/aromatic N) is 4. The third kappa shape index (κ3) is 8.47. The number of benzene rings is 1. The van der Waals surface area contributed by atoms with Gasteiger partial charge in [-0.3, -0.25) is 23.9 Å². The summed E-state index contributed by atoms with van der Waals surface area (Å²) < 4.78 is 3.41. The molecule has 1 saturated carbocycles. The molecule has 242 valence electrons. The number of hydrogen-bond acceptors (Lipinski definition) is 6. The molecule has 4 aromatic rings. The number of pyridine rings is 1. The van der Waals surface area contributed by atoms with Crippen LogP contribution in [0.3, 0.4) is 0 Å². The highest BCUT2D eigenvalue weighted by Crippen LogP contribution is 2.28. The van der Waals surface area contributed by atoms with E-state index >= 15 is 0 Å². The Labute approximate surface area is 269 Å². The topological polar surface area (TPSA) is 139 Å². The predicted molar refractivity (Wildman–Crippen MR) is 174 cm³/mol. The zero-order valence-electron chi connectivity index (χ0n) is 26.6. The first-order valence-corrected chi connectivity index (χ1v) is 16.2. The molecule has 3 heterocycles. The van der Waals surface area contributed by atoms with Gasteiger partial charge in [0.05, 0.1) is 18.3 Å². The number of aromatic nitrogens is 4. The highest BCUT2D eigenvalue weighted by Gasteiger charge is 2.31. The summed E-state index contributed by atoms with van der Waals surface area (Å²) in [4.78, 5) is 56.4. The Balaban J connectivity index is 1.18. The van der Waals surface area contributed by atoms with E-state index in [0.717, 1.165) is 54.6 Å². The number of carbonyl (C=O) groups excluding carboxylic acids is 4. The van der Waals surface area contributed by atoms with Crippen LogP contribution in [0.15, 0.2) is 67.1 Å². The van der Waals surface area contributed by atoms with Crippen LogP contribution in [-0.2, 0) is 40.8 Å². The highest BCUT2D eigenvalue weighted by atomic mass is 16.2. The normalized spacial score (nSPS) is 14.8. The van der Waals surface area contributed by atoms with E-state index in [0.29, 0.717) is 25.0 Å². The SMILES string of the molecule is CCC(=O)N[C@H](Cc1ccc(CCC(=O)[C@@H](NC(=O)c2ccnn2C)C2CCCCC2)cc1)C(=O)NCc1cn2ccccc2n1. The van der Waals surface area contributed by atoms with Gasteiger partial charge in [-0.25, -0.2) is 4.98 Å². The molecule has 0 bridgehead atoms. The lowest BCUT2D eigenvalue weighted by Crippen LogP contribution is -2.47. The zero-order chi connectivity index (χ0) is 32.5. The Morgan fingerprint density at radius 2 is 1.72 bits per heavy atom. The van der Waals surface area contributed by atoms with Crippen molar-refractivity contribution in [2.24, 2.45) is 13.0 Å². The third-order valence-electron chi connectivity index (χ3n) is 8.76. The van der Waals surface area contributed by atoms with Crippen LogP contribution in [0.2, 0.25) is 0 Å². The summed E-state index contributed by atoms with van der Waals surface area (Å²) in [6, 6.07) is 13.9. The van der Waals surface area contributed by atoms with Gasteiger partial charge in [-0.1, -0.05) is 56.5 Å². The van der Waals surface area contributed by atoms with Gasteiger partial charge in [0.1, 0.15) is 17.4 Å². The second-order valence-corrected chi connectivity index (χ2v) is 12.1. The molecule has 0 spiro atoms. The summed E-state index contributed by atoms with van der Waals surface area (Å²) in [5, 5.41) is 12.9. The second kappa shape index (κ2) is 15.5. The Kier molecular flexibility index (Phi) is 11.0. The molecule has 1 aliphatic rings. The number of fused-ring (bicyclic) bond motifs is 1. The number of imidazole rings is 1. The number of ketones is 1. The molecule has 1 aliphatic carbocycles. The van der Waals surface area contributed by atoms with Crippen LogP contribution in [0, 0.1) is 5.92 Å². The lowest BCUT2D eigenvalue weighted by molar-refractivity contribution is -0.128. The number of hydrogen-bond donors (Lipinski definition) is 3. The van der Waals surface area contributed by atoms with Crippen LogP contribution >= 0.6 is 0 Å². The van der Waals surface area contributed by atoms with Crippen molar-refractivity contribution in [3.05, 3.63) is 89.6 Å². The van der Waals surface area contributed by atoms with Crippen molar-refractivity contribution in [2.75, 3.05) is 0 Å². The summed E-state index contributed by atoms with van der Waals surface area (Å²) >= 11 is 0. The van der Waals surface area contributed by atoms with Crippen LogP contribution in [0.25, 0.3) is 5.65 Å². The maximum absolute atomic E-state index is 13.5. The van der Waals surface area contributed by atoms with E-state index in [1.165, 1.54) is 4.68 Å². The van der Waals surface area contributed by atoms with Crippen molar-refractivity contribution >= 4 is 29.2 Å². The molecule has 11 nitrogen and oxygen atoms in total. The van der Waals surface area contributed by atoms with Crippen molar-refractivity contribution in [3.63, 3.8) is 0 Å². The number of Topliss-reactive ketones (excluding diaryl/α,β-unsaturated/α-hetero) is 1. The molecule has 46 heavy (non-hydrogen) atoms. The quantitative estimate of drug-likeness (QED) is 0.195. The Hall–Kier alpha value is -4.80. The van der Waals surface area contributed by atoms with Crippen LogP contribution in [0.1, 0.15) is 79.2 Å². The lowest BCUT2D eigenvalue weighted by atomic mass is 9.81. The van der Waals surface area contributed by atoms with E-state index in [2.05, 4.69) is 26.0 Å².